The number of aromatic nitrogens is 2. The third-order valence-corrected chi connectivity index (χ3v) is 3.44. The van der Waals surface area contributed by atoms with Crippen LogP contribution < -0.4 is 11.2 Å². The number of nitrogens with one attached hydrogen (secondary N) is 1. The second kappa shape index (κ2) is 5.15. The van der Waals surface area contributed by atoms with E-state index in [1.165, 1.54) is 0 Å². The molecular formula is C11H13FN2O7. The molecule has 1 aromatic rings. The van der Waals surface area contributed by atoms with Crippen molar-refractivity contribution in [1.29, 1.82) is 0 Å². The van der Waals surface area contributed by atoms with Gasteiger partial charge in [-0.25, -0.2) is 4.79 Å². The van der Waals surface area contributed by atoms with Gasteiger partial charge in [0.1, 0.15) is 12.2 Å². The fourth-order valence-corrected chi connectivity index (χ4v) is 2.24. The van der Waals surface area contributed by atoms with Crippen molar-refractivity contribution in [2.45, 2.75) is 31.0 Å². The minimum absolute atomic E-state index is 0.482. The standard InChI is InChI=1S/C11H13FN2O7/c1-4(16)11(20)6(3-15)21-9(7(11)17)14-2-5(12)8(18)13-10(14)19/h2,6-7,9,15,17,20H,3H2,1H3,(H,13,18,19)/t6-,7+,9-,11-/m1/s1. The highest BCUT2D eigenvalue weighted by Gasteiger charge is 2.59. The third-order valence-electron chi connectivity index (χ3n) is 3.44. The van der Waals surface area contributed by atoms with E-state index in [9.17, 15) is 29.0 Å². The van der Waals surface area contributed by atoms with Crippen LogP contribution in [0.1, 0.15) is 13.2 Å². The van der Waals surface area contributed by atoms with Crippen LogP contribution in [0.2, 0.25) is 0 Å². The first-order valence-corrected chi connectivity index (χ1v) is 5.92. The fraction of sp³-hybridized carbons (Fsp3) is 0.545. The Hall–Kier alpha value is -1.88. The molecule has 116 valence electrons. The molecule has 0 aliphatic carbocycles. The first kappa shape index (κ1) is 15.5. The number of Topliss-reactive ketones (excluding diaryl/α,β-unsaturated/α-hetero) is 1. The van der Waals surface area contributed by atoms with Gasteiger partial charge in [-0.2, -0.15) is 4.39 Å². The van der Waals surface area contributed by atoms with Crippen LogP contribution in [0.5, 0.6) is 0 Å². The Balaban J connectivity index is 2.53. The number of carbonyl (C=O) groups excluding carboxylic acids is 1. The highest BCUT2D eigenvalue weighted by Crippen LogP contribution is 2.37. The second-order valence-corrected chi connectivity index (χ2v) is 4.67. The summed E-state index contributed by atoms with van der Waals surface area (Å²) in [6, 6.07) is 0. The zero-order valence-corrected chi connectivity index (χ0v) is 10.8. The molecule has 0 unspecified atom stereocenters. The lowest BCUT2D eigenvalue weighted by Gasteiger charge is -2.27. The van der Waals surface area contributed by atoms with Gasteiger partial charge in [-0.1, -0.05) is 0 Å². The van der Waals surface area contributed by atoms with Crippen LogP contribution in [0.25, 0.3) is 0 Å². The molecule has 1 saturated heterocycles. The molecule has 21 heavy (non-hydrogen) atoms. The topological polar surface area (TPSA) is 142 Å². The predicted molar refractivity (Wildman–Crippen MR) is 63.9 cm³/mol. The molecule has 2 rings (SSSR count). The van der Waals surface area contributed by atoms with Gasteiger partial charge in [-0.3, -0.25) is 19.1 Å². The minimum Gasteiger partial charge on any atom is -0.394 e. The van der Waals surface area contributed by atoms with Gasteiger partial charge in [-0.15, -0.1) is 0 Å². The van der Waals surface area contributed by atoms with Crippen LogP contribution in [0, 0.1) is 5.82 Å². The quantitative estimate of drug-likeness (QED) is 0.474. The number of carbonyl (C=O) groups is 1. The number of hydrogen-bond donors (Lipinski definition) is 4. The Morgan fingerprint density at radius 1 is 1.57 bits per heavy atom. The number of hydrogen-bond acceptors (Lipinski definition) is 7. The van der Waals surface area contributed by atoms with Crippen molar-refractivity contribution in [2.75, 3.05) is 6.61 Å². The summed E-state index contributed by atoms with van der Waals surface area (Å²) in [4.78, 5) is 35.7. The normalized spacial score (nSPS) is 32.3. The number of aromatic amines is 1. The summed E-state index contributed by atoms with van der Waals surface area (Å²) in [5, 5.41) is 29.3. The number of aliphatic hydroxyl groups is 3. The van der Waals surface area contributed by atoms with Crippen LogP contribution in [0.4, 0.5) is 4.39 Å². The maximum absolute atomic E-state index is 13.3. The Kier molecular flexibility index (Phi) is 3.80. The number of ether oxygens (including phenoxy) is 1. The van der Waals surface area contributed by atoms with Gasteiger partial charge in [0.25, 0.3) is 5.56 Å². The van der Waals surface area contributed by atoms with E-state index in [2.05, 4.69) is 0 Å². The molecule has 1 aromatic heterocycles. The summed E-state index contributed by atoms with van der Waals surface area (Å²) in [6.07, 6.45) is -4.60. The van der Waals surface area contributed by atoms with Gasteiger partial charge in [0.15, 0.2) is 17.6 Å². The van der Waals surface area contributed by atoms with E-state index >= 15 is 0 Å². The predicted octanol–water partition coefficient (Wildman–Crippen LogP) is -2.75. The molecule has 0 amide bonds. The molecular weight excluding hydrogens is 291 g/mol. The second-order valence-electron chi connectivity index (χ2n) is 4.67. The fourth-order valence-electron chi connectivity index (χ4n) is 2.24. The summed E-state index contributed by atoms with van der Waals surface area (Å²) in [7, 11) is 0. The molecule has 1 aliphatic rings. The SMILES string of the molecule is CC(=O)[C@@]1(O)[C@@H](CO)O[C@@H](n2cc(F)c(=O)[nH]c2=O)[C@@H]1O. The Morgan fingerprint density at radius 2 is 2.19 bits per heavy atom. The van der Waals surface area contributed by atoms with E-state index < -0.39 is 53.5 Å². The van der Waals surface area contributed by atoms with Crippen molar-refractivity contribution in [1.82, 2.24) is 9.55 Å². The average molecular weight is 304 g/mol. The maximum atomic E-state index is 13.3. The number of nitrogens with zero attached hydrogens (tertiary/aromatic N) is 1. The van der Waals surface area contributed by atoms with Gasteiger partial charge in [-0.05, 0) is 6.92 Å². The minimum atomic E-state index is -2.45. The van der Waals surface area contributed by atoms with Crippen molar-refractivity contribution in [2.24, 2.45) is 0 Å². The monoisotopic (exact) mass is 304 g/mol. The highest BCUT2D eigenvalue weighted by atomic mass is 19.1. The number of ketones is 1. The molecule has 2 heterocycles. The van der Waals surface area contributed by atoms with Crippen LogP contribution >= 0.6 is 0 Å². The number of H-pyrrole nitrogens is 1. The molecule has 4 atom stereocenters. The van der Waals surface area contributed by atoms with E-state index in [1.807, 2.05) is 0 Å². The van der Waals surface area contributed by atoms with Gasteiger partial charge in [0, 0.05) is 0 Å². The van der Waals surface area contributed by atoms with Gasteiger partial charge >= 0.3 is 5.69 Å². The van der Waals surface area contributed by atoms with Gasteiger partial charge < -0.3 is 20.1 Å². The first-order valence-electron chi connectivity index (χ1n) is 5.92. The molecule has 10 heteroatoms. The first-order chi connectivity index (χ1) is 9.73. The van der Waals surface area contributed by atoms with E-state index in [-0.39, 0.29) is 0 Å². The Morgan fingerprint density at radius 3 is 2.67 bits per heavy atom. The van der Waals surface area contributed by atoms with E-state index in [0.717, 1.165) is 6.92 Å². The van der Waals surface area contributed by atoms with Crippen LogP contribution in [0.15, 0.2) is 15.8 Å². The zero-order chi connectivity index (χ0) is 15.9. The highest BCUT2D eigenvalue weighted by molar-refractivity contribution is 5.86. The lowest BCUT2D eigenvalue weighted by Crippen LogP contribution is -2.54. The summed E-state index contributed by atoms with van der Waals surface area (Å²) in [5.74, 6) is -2.21. The Labute approximate surface area is 116 Å². The molecule has 9 nitrogen and oxygen atoms in total. The van der Waals surface area contributed by atoms with Crippen molar-refractivity contribution < 1.29 is 29.2 Å². The summed E-state index contributed by atoms with van der Waals surface area (Å²) >= 11 is 0. The number of rotatable bonds is 3. The molecule has 1 fully saturated rings. The van der Waals surface area contributed by atoms with Crippen LogP contribution in [0.3, 0.4) is 0 Å². The van der Waals surface area contributed by atoms with E-state index in [4.69, 9.17) is 9.84 Å². The van der Waals surface area contributed by atoms with Gasteiger partial charge in [0.2, 0.25) is 5.82 Å². The maximum Gasteiger partial charge on any atom is 0.330 e. The van der Waals surface area contributed by atoms with Crippen molar-refractivity contribution in [3.8, 4) is 0 Å². The molecule has 0 spiro atoms. The zero-order valence-electron chi connectivity index (χ0n) is 10.8. The van der Waals surface area contributed by atoms with Crippen LogP contribution in [-0.4, -0.2) is 55.1 Å². The largest absolute Gasteiger partial charge is 0.394 e. The molecule has 0 radical (unpaired) electrons. The lowest BCUT2D eigenvalue weighted by molar-refractivity contribution is -0.152. The Bertz CT molecular complexity index is 684. The van der Waals surface area contributed by atoms with Crippen molar-refractivity contribution in [3.63, 3.8) is 0 Å². The number of halogens is 1. The summed E-state index contributed by atoms with van der Waals surface area (Å²) in [6.45, 7) is 0.151. The molecule has 0 saturated carbocycles. The van der Waals surface area contributed by atoms with Crippen molar-refractivity contribution in [3.05, 3.63) is 32.9 Å². The molecule has 1 aliphatic heterocycles. The molecule has 0 aromatic carbocycles. The average Bonchev–Trinajstić information content (AvgIpc) is 2.68. The summed E-state index contributed by atoms with van der Waals surface area (Å²) in [5.41, 5.74) is -4.81. The molecule has 0 bridgehead atoms. The lowest BCUT2D eigenvalue weighted by atomic mass is 9.88. The molecule has 4 N–H and O–H groups in total. The van der Waals surface area contributed by atoms with Gasteiger partial charge in [0.05, 0.1) is 12.8 Å². The number of aliphatic hydroxyl groups excluding tert-OH is 2. The van der Waals surface area contributed by atoms with Crippen molar-refractivity contribution >= 4 is 5.78 Å². The van der Waals surface area contributed by atoms with Crippen LogP contribution in [-0.2, 0) is 9.53 Å². The smallest absolute Gasteiger partial charge is 0.330 e. The third kappa shape index (κ3) is 2.21. The summed E-state index contributed by atoms with van der Waals surface area (Å²) < 4.78 is 18.8. The van der Waals surface area contributed by atoms with E-state index in [0.29, 0.717) is 10.8 Å². The van der Waals surface area contributed by atoms with E-state index in [1.54, 1.807) is 4.98 Å².